The van der Waals surface area contributed by atoms with E-state index >= 15 is 0 Å². The fourth-order valence-electron chi connectivity index (χ4n) is 1.22. The van der Waals surface area contributed by atoms with Crippen molar-refractivity contribution in [1.82, 2.24) is 0 Å². The van der Waals surface area contributed by atoms with Gasteiger partial charge in [0.1, 0.15) is 0 Å². The first kappa shape index (κ1) is 12.3. The molecule has 0 unspecified atom stereocenters. The Labute approximate surface area is 91.1 Å². The summed E-state index contributed by atoms with van der Waals surface area (Å²) >= 11 is 0. The van der Waals surface area contributed by atoms with E-state index in [1.54, 1.807) is 0 Å². The first-order chi connectivity index (χ1) is 7.27. The van der Waals surface area contributed by atoms with Crippen molar-refractivity contribution >= 4 is 22.0 Å². The predicted molar refractivity (Wildman–Crippen MR) is 54.6 cm³/mol. The minimum atomic E-state index is -4.09. The third-order valence-corrected chi connectivity index (χ3v) is 3.07. The third-order valence-electron chi connectivity index (χ3n) is 2.03. The number of aldehydes is 1. The van der Waals surface area contributed by atoms with Crippen LogP contribution in [0.25, 0.3) is 0 Å². The number of nitrogens with zero attached hydrogens (tertiary/aromatic N) is 1. The van der Waals surface area contributed by atoms with Crippen LogP contribution in [0, 0.1) is 17.0 Å². The molecule has 0 aliphatic rings. The highest BCUT2D eigenvalue weighted by atomic mass is 32.2. The van der Waals surface area contributed by atoms with Gasteiger partial charge in [0.15, 0.2) is 6.29 Å². The number of benzene rings is 1. The van der Waals surface area contributed by atoms with Crippen molar-refractivity contribution in [2.75, 3.05) is 0 Å². The van der Waals surface area contributed by atoms with E-state index in [1.165, 1.54) is 6.92 Å². The Morgan fingerprint density at radius 2 is 2.00 bits per heavy atom. The molecule has 0 spiro atoms. The van der Waals surface area contributed by atoms with E-state index < -0.39 is 25.5 Å². The first-order valence-electron chi connectivity index (χ1n) is 4.04. The van der Waals surface area contributed by atoms with Gasteiger partial charge in [0.2, 0.25) is 10.0 Å². The summed E-state index contributed by atoms with van der Waals surface area (Å²) in [5, 5.41) is 15.4. The highest BCUT2D eigenvalue weighted by Gasteiger charge is 2.20. The van der Waals surface area contributed by atoms with Crippen LogP contribution in [0.3, 0.4) is 0 Å². The Morgan fingerprint density at radius 3 is 2.38 bits per heavy atom. The van der Waals surface area contributed by atoms with Gasteiger partial charge in [-0.3, -0.25) is 14.9 Å². The molecule has 7 nitrogen and oxygen atoms in total. The third kappa shape index (κ3) is 2.23. The predicted octanol–water partition coefficient (Wildman–Crippen LogP) is 0.363. The summed E-state index contributed by atoms with van der Waals surface area (Å²) < 4.78 is 22.3. The fourth-order valence-corrected chi connectivity index (χ4v) is 2.05. The maximum atomic E-state index is 11.1. The Kier molecular flexibility index (Phi) is 3.06. The standard InChI is InChI=1S/C8H8N2O5S/c1-5-6(4-11)2-7(10(12)13)3-8(5)16(9,14)15/h2-4H,1H3,(H2,9,14,15). The highest BCUT2D eigenvalue weighted by Crippen LogP contribution is 2.23. The second kappa shape index (κ2) is 3.99. The summed E-state index contributed by atoms with van der Waals surface area (Å²) in [6.07, 6.45) is 0.344. The largest absolute Gasteiger partial charge is 0.298 e. The Morgan fingerprint density at radius 1 is 1.44 bits per heavy atom. The number of nitro benzene ring substituents is 1. The summed E-state index contributed by atoms with van der Waals surface area (Å²) in [6, 6.07) is 1.83. The lowest BCUT2D eigenvalue weighted by molar-refractivity contribution is -0.385. The van der Waals surface area contributed by atoms with Crippen LogP contribution in [0.5, 0.6) is 0 Å². The molecule has 0 saturated heterocycles. The average Bonchev–Trinajstić information content (AvgIpc) is 2.15. The molecular formula is C8H8N2O5S. The van der Waals surface area contributed by atoms with Gasteiger partial charge in [-0.2, -0.15) is 0 Å². The number of primary sulfonamides is 1. The smallest absolute Gasteiger partial charge is 0.271 e. The topological polar surface area (TPSA) is 120 Å². The molecule has 16 heavy (non-hydrogen) atoms. The molecule has 0 atom stereocenters. The van der Waals surface area contributed by atoms with Crippen molar-refractivity contribution in [3.8, 4) is 0 Å². The van der Waals surface area contributed by atoms with Gasteiger partial charge in [0.05, 0.1) is 9.82 Å². The molecule has 0 bridgehead atoms. The van der Waals surface area contributed by atoms with Crippen LogP contribution >= 0.6 is 0 Å². The van der Waals surface area contributed by atoms with Crippen LogP contribution in [-0.4, -0.2) is 19.6 Å². The van der Waals surface area contributed by atoms with Gasteiger partial charge >= 0.3 is 0 Å². The van der Waals surface area contributed by atoms with Crippen molar-refractivity contribution in [2.24, 2.45) is 5.14 Å². The summed E-state index contributed by atoms with van der Waals surface area (Å²) in [4.78, 5) is 19.9. The number of carbonyl (C=O) groups is 1. The zero-order valence-electron chi connectivity index (χ0n) is 8.21. The number of sulfonamides is 1. The molecular weight excluding hydrogens is 236 g/mol. The number of hydrogen-bond acceptors (Lipinski definition) is 5. The van der Waals surface area contributed by atoms with Crippen molar-refractivity contribution in [3.05, 3.63) is 33.4 Å². The molecule has 2 N–H and O–H groups in total. The molecule has 0 radical (unpaired) electrons. The quantitative estimate of drug-likeness (QED) is 0.467. The van der Waals surface area contributed by atoms with E-state index in [0.29, 0.717) is 6.29 Å². The molecule has 0 fully saturated rings. The lowest BCUT2D eigenvalue weighted by atomic mass is 10.1. The molecule has 0 heterocycles. The lowest BCUT2D eigenvalue weighted by Crippen LogP contribution is -2.15. The number of hydrogen-bond donors (Lipinski definition) is 1. The molecule has 86 valence electrons. The first-order valence-corrected chi connectivity index (χ1v) is 5.59. The molecule has 1 aromatic carbocycles. The fraction of sp³-hybridized carbons (Fsp3) is 0.125. The molecule has 8 heteroatoms. The van der Waals surface area contributed by atoms with E-state index in [-0.39, 0.29) is 11.1 Å². The van der Waals surface area contributed by atoms with Crippen LogP contribution in [0.2, 0.25) is 0 Å². The van der Waals surface area contributed by atoms with Gasteiger partial charge < -0.3 is 0 Å². The summed E-state index contributed by atoms with van der Waals surface area (Å²) in [6.45, 7) is 1.35. The maximum absolute atomic E-state index is 11.1. The van der Waals surface area contributed by atoms with E-state index in [4.69, 9.17) is 5.14 Å². The summed E-state index contributed by atoms with van der Waals surface area (Å²) in [5.74, 6) is 0. The van der Waals surface area contributed by atoms with Crippen molar-refractivity contribution < 1.29 is 18.1 Å². The number of non-ortho nitro benzene ring substituents is 1. The van der Waals surface area contributed by atoms with Crippen LogP contribution in [0.4, 0.5) is 5.69 Å². The SMILES string of the molecule is Cc1c(C=O)cc([N+](=O)[O-])cc1S(N)(=O)=O. The van der Waals surface area contributed by atoms with E-state index in [9.17, 15) is 23.3 Å². The van der Waals surface area contributed by atoms with Crippen LogP contribution in [0.1, 0.15) is 15.9 Å². The Balaban J connectivity index is 3.68. The van der Waals surface area contributed by atoms with Gasteiger partial charge in [0.25, 0.3) is 5.69 Å². The van der Waals surface area contributed by atoms with E-state index in [1.807, 2.05) is 0 Å². The lowest BCUT2D eigenvalue weighted by Gasteiger charge is -2.05. The number of nitro groups is 1. The maximum Gasteiger partial charge on any atom is 0.271 e. The van der Waals surface area contributed by atoms with Gasteiger partial charge in [-0.15, -0.1) is 0 Å². The summed E-state index contributed by atoms with van der Waals surface area (Å²) in [5.41, 5.74) is -0.460. The van der Waals surface area contributed by atoms with Crippen molar-refractivity contribution in [1.29, 1.82) is 0 Å². The van der Waals surface area contributed by atoms with Gasteiger partial charge in [-0.05, 0) is 12.5 Å². The highest BCUT2D eigenvalue weighted by molar-refractivity contribution is 7.89. The number of carbonyl (C=O) groups excluding carboxylic acids is 1. The Hall–Kier alpha value is -1.80. The molecule has 0 amide bonds. The van der Waals surface area contributed by atoms with Gasteiger partial charge in [-0.25, -0.2) is 13.6 Å². The monoisotopic (exact) mass is 244 g/mol. The molecule has 0 aliphatic heterocycles. The Bertz CT molecular complexity index is 564. The molecule has 0 aromatic heterocycles. The molecule has 1 rings (SSSR count). The molecule has 1 aromatic rings. The zero-order chi connectivity index (χ0) is 12.5. The second-order valence-corrected chi connectivity index (χ2v) is 4.61. The minimum absolute atomic E-state index is 0.0711. The van der Waals surface area contributed by atoms with Crippen molar-refractivity contribution in [2.45, 2.75) is 11.8 Å². The van der Waals surface area contributed by atoms with E-state index in [0.717, 1.165) is 12.1 Å². The van der Waals surface area contributed by atoms with E-state index in [2.05, 4.69) is 0 Å². The van der Waals surface area contributed by atoms with Gasteiger partial charge in [-0.1, -0.05) is 0 Å². The average molecular weight is 244 g/mol. The van der Waals surface area contributed by atoms with Crippen LogP contribution in [-0.2, 0) is 10.0 Å². The summed E-state index contributed by atoms with van der Waals surface area (Å²) in [7, 11) is -4.09. The molecule has 0 aliphatic carbocycles. The number of nitrogens with two attached hydrogens (primary N) is 1. The zero-order valence-corrected chi connectivity index (χ0v) is 9.02. The van der Waals surface area contributed by atoms with Crippen LogP contribution in [0.15, 0.2) is 17.0 Å². The van der Waals surface area contributed by atoms with Gasteiger partial charge in [0, 0.05) is 17.7 Å². The van der Waals surface area contributed by atoms with Crippen molar-refractivity contribution in [3.63, 3.8) is 0 Å². The second-order valence-electron chi connectivity index (χ2n) is 3.08. The number of rotatable bonds is 3. The molecule has 0 saturated carbocycles. The normalized spacial score (nSPS) is 11.1. The van der Waals surface area contributed by atoms with Crippen LogP contribution < -0.4 is 5.14 Å². The minimum Gasteiger partial charge on any atom is -0.298 e.